The molecular weight excluding hydrogens is 518 g/mol. The molecule has 2 rings (SSSR count). The molecule has 0 saturated heterocycles. The normalized spacial score (nSPS) is 10.7. The van der Waals surface area contributed by atoms with Crippen molar-refractivity contribution in [2.45, 2.75) is 6.92 Å². The first-order valence-corrected chi connectivity index (χ1v) is 9.80. The lowest BCUT2D eigenvalue weighted by Crippen LogP contribution is -2.26. The van der Waals surface area contributed by atoms with Crippen molar-refractivity contribution in [2.24, 2.45) is 5.10 Å². The van der Waals surface area contributed by atoms with E-state index in [4.69, 9.17) is 4.74 Å². The van der Waals surface area contributed by atoms with E-state index in [0.717, 1.165) is 30.4 Å². The highest BCUT2D eigenvalue weighted by Gasteiger charge is 2.08. The van der Waals surface area contributed by atoms with Crippen LogP contribution in [0, 0.1) is 0 Å². The van der Waals surface area contributed by atoms with Crippen LogP contribution in [0.5, 0.6) is 5.75 Å². The second-order valence-corrected chi connectivity index (χ2v) is 7.52. The molecule has 0 heterocycles. The molecule has 0 aliphatic rings. The summed E-state index contributed by atoms with van der Waals surface area (Å²) in [6.45, 7) is 2.66. The van der Waals surface area contributed by atoms with Gasteiger partial charge in [-0.1, -0.05) is 15.9 Å². The molecule has 1 amide bonds. The summed E-state index contributed by atoms with van der Waals surface area (Å²) in [5, 5.41) is 7.01. The van der Waals surface area contributed by atoms with Gasteiger partial charge in [0.05, 0.1) is 25.1 Å². The van der Waals surface area contributed by atoms with Crippen molar-refractivity contribution in [3.8, 4) is 5.75 Å². The van der Waals surface area contributed by atoms with Gasteiger partial charge in [0.2, 0.25) is 0 Å². The summed E-state index contributed by atoms with van der Waals surface area (Å²) in [6, 6.07) is 11.3. The molecule has 0 bridgehead atoms. The molecular formula is C17H16Br3N3O2. The molecule has 25 heavy (non-hydrogen) atoms. The second kappa shape index (κ2) is 9.94. The topological polar surface area (TPSA) is 62.7 Å². The predicted octanol–water partition coefficient (Wildman–Crippen LogP) is 4.94. The minimum absolute atomic E-state index is 0.0967. The van der Waals surface area contributed by atoms with Crippen LogP contribution < -0.4 is 15.5 Å². The molecule has 2 aromatic carbocycles. The number of ether oxygens (including phenoxy) is 1. The van der Waals surface area contributed by atoms with E-state index in [-0.39, 0.29) is 12.5 Å². The molecule has 0 unspecified atom stereocenters. The number of carbonyl (C=O) groups excluding carboxylic acids is 1. The van der Waals surface area contributed by atoms with Crippen LogP contribution in [-0.2, 0) is 4.79 Å². The van der Waals surface area contributed by atoms with E-state index in [9.17, 15) is 4.79 Å². The number of hydrazone groups is 1. The Labute approximate surface area is 171 Å². The largest absolute Gasteiger partial charge is 0.494 e. The summed E-state index contributed by atoms with van der Waals surface area (Å²) >= 11 is 10.3. The third kappa shape index (κ3) is 6.45. The molecule has 8 heteroatoms. The number of hydrogen-bond acceptors (Lipinski definition) is 4. The zero-order valence-corrected chi connectivity index (χ0v) is 18.1. The Morgan fingerprint density at radius 1 is 1.16 bits per heavy atom. The summed E-state index contributed by atoms with van der Waals surface area (Å²) in [5.41, 5.74) is 4.16. The van der Waals surface area contributed by atoms with E-state index in [1.807, 2.05) is 43.3 Å². The van der Waals surface area contributed by atoms with E-state index in [1.165, 1.54) is 0 Å². The third-order valence-electron chi connectivity index (χ3n) is 3.03. The Morgan fingerprint density at radius 2 is 1.80 bits per heavy atom. The van der Waals surface area contributed by atoms with E-state index in [2.05, 4.69) is 63.6 Å². The van der Waals surface area contributed by atoms with Gasteiger partial charge in [0.25, 0.3) is 5.91 Å². The lowest BCUT2D eigenvalue weighted by atomic mass is 10.2. The van der Waals surface area contributed by atoms with Gasteiger partial charge in [-0.05, 0) is 80.7 Å². The first kappa shape index (κ1) is 19.9. The molecule has 2 aromatic rings. The van der Waals surface area contributed by atoms with Crippen LogP contribution in [0.15, 0.2) is 54.9 Å². The number of anilines is 1. The average Bonchev–Trinajstić information content (AvgIpc) is 2.56. The maximum Gasteiger partial charge on any atom is 0.259 e. The average molecular weight is 534 g/mol. The second-order valence-electron chi connectivity index (χ2n) is 4.89. The fraction of sp³-hybridized carbons (Fsp3) is 0.176. The minimum Gasteiger partial charge on any atom is -0.494 e. The number of rotatable bonds is 7. The quantitative estimate of drug-likeness (QED) is 0.392. The number of carbonyl (C=O) groups is 1. The van der Waals surface area contributed by atoms with Crippen LogP contribution in [0.1, 0.15) is 12.5 Å². The number of nitrogens with one attached hydrogen (secondary N) is 2. The highest BCUT2D eigenvalue weighted by atomic mass is 79.9. The van der Waals surface area contributed by atoms with E-state index in [0.29, 0.717) is 6.61 Å². The summed E-state index contributed by atoms with van der Waals surface area (Å²) < 4.78 is 8.00. The molecule has 0 aromatic heterocycles. The predicted molar refractivity (Wildman–Crippen MR) is 111 cm³/mol. The summed E-state index contributed by atoms with van der Waals surface area (Å²) in [4.78, 5) is 11.9. The molecule has 132 valence electrons. The van der Waals surface area contributed by atoms with Gasteiger partial charge in [-0.3, -0.25) is 4.79 Å². The van der Waals surface area contributed by atoms with Crippen molar-refractivity contribution in [3.05, 3.63) is 55.4 Å². The van der Waals surface area contributed by atoms with Crippen LogP contribution in [0.3, 0.4) is 0 Å². The maximum atomic E-state index is 11.9. The van der Waals surface area contributed by atoms with Gasteiger partial charge >= 0.3 is 0 Å². The highest BCUT2D eigenvalue weighted by molar-refractivity contribution is 9.11. The Morgan fingerprint density at radius 3 is 2.40 bits per heavy atom. The molecule has 0 aliphatic carbocycles. The van der Waals surface area contributed by atoms with Gasteiger partial charge in [-0.15, -0.1) is 0 Å². The van der Waals surface area contributed by atoms with Crippen molar-refractivity contribution in [1.29, 1.82) is 0 Å². The Balaban J connectivity index is 1.84. The van der Waals surface area contributed by atoms with Crippen molar-refractivity contribution in [1.82, 2.24) is 5.43 Å². The fourth-order valence-electron chi connectivity index (χ4n) is 1.91. The monoisotopic (exact) mass is 531 g/mol. The molecule has 0 aliphatic heterocycles. The van der Waals surface area contributed by atoms with Crippen LogP contribution >= 0.6 is 47.8 Å². The molecule has 0 atom stereocenters. The molecule has 5 nitrogen and oxygen atoms in total. The lowest BCUT2D eigenvalue weighted by Gasteiger charge is -2.10. The lowest BCUT2D eigenvalue weighted by molar-refractivity contribution is -0.119. The third-order valence-corrected chi connectivity index (χ3v) is 4.74. The molecule has 0 radical (unpaired) electrons. The summed E-state index contributed by atoms with van der Waals surface area (Å²) in [6.07, 6.45) is 1.58. The summed E-state index contributed by atoms with van der Waals surface area (Å²) in [7, 11) is 0. The van der Waals surface area contributed by atoms with E-state index in [1.54, 1.807) is 6.21 Å². The number of hydrogen-bond donors (Lipinski definition) is 2. The zero-order chi connectivity index (χ0) is 18.2. The standard InChI is InChI=1S/C17H16Br3N3O2/c1-2-25-13-5-3-11(4-6-13)9-22-23-16(24)10-21-17-14(19)7-12(18)8-15(17)20/h3-9,21H,2,10H2,1H3,(H,23,24)/b22-9+. The van der Waals surface area contributed by atoms with Crippen molar-refractivity contribution >= 4 is 65.6 Å². The Hall–Kier alpha value is -1.38. The minimum atomic E-state index is -0.246. The highest BCUT2D eigenvalue weighted by Crippen LogP contribution is 2.34. The van der Waals surface area contributed by atoms with Crippen LogP contribution in [0.25, 0.3) is 0 Å². The van der Waals surface area contributed by atoms with Crippen molar-refractivity contribution < 1.29 is 9.53 Å². The van der Waals surface area contributed by atoms with Crippen molar-refractivity contribution in [2.75, 3.05) is 18.5 Å². The van der Waals surface area contributed by atoms with E-state index >= 15 is 0 Å². The van der Waals surface area contributed by atoms with Gasteiger partial charge in [0.1, 0.15) is 5.75 Å². The van der Waals surface area contributed by atoms with Crippen LogP contribution in [0.2, 0.25) is 0 Å². The number of benzene rings is 2. The first-order valence-electron chi connectivity index (χ1n) is 7.42. The molecule has 2 N–H and O–H groups in total. The van der Waals surface area contributed by atoms with Gasteiger partial charge in [-0.25, -0.2) is 5.43 Å². The van der Waals surface area contributed by atoms with Gasteiger partial charge in [0.15, 0.2) is 0 Å². The Kier molecular flexibility index (Phi) is 7.92. The molecule has 0 spiro atoms. The molecule has 0 saturated carbocycles. The van der Waals surface area contributed by atoms with Gasteiger partial charge in [-0.2, -0.15) is 5.10 Å². The molecule has 0 fully saturated rings. The zero-order valence-electron chi connectivity index (χ0n) is 13.4. The van der Waals surface area contributed by atoms with Gasteiger partial charge < -0.3 is 10.1 Å². The number of amides is 1. The van der Waals surface area contributed by atoms with Crippen LogP contribution in [0.4, 0.5) is 5.69 Å². The number of nitrogens with zero attached hydrogens (tertiary/aromatic N) is 1. The first-order chi connectivity index (χ1) is 12.0. The van der Waals surface area contributed by atoms with E-state index < -0.39 is 0 Å². The number of halogens is 3. The summed E-state index contributed by atoms with van der Waals surface area (Å²) in [5.74, 6) is 0.558. The SMILES string of the molecule is CCOc1ccc(/C=N/NC(=O)CNc2c(Br)cc(Br)cc2Br)cc1. The Bertz CT molecular complexity index is 741. The smallest absolute Gasteiger partial charge is 0.259 e. The fourth-order valence-corrected chi connectivity index (χ4v) is 4.45. The van der Waals surface area contributed by atoms with Gasteiger partial charge in [0, 0.05) is 13.4 Å². The maximum absolute atomic E-state index is 11.9. The van der Waals surface area contributed by atoms with Crippen molar-refractivity contribution in [3.63, 3.8) is 0 Å². The van der Waals surface area contributed by atoms with Crippen LogP contribution in [-0.4, -0.2) is 25.3 Å².